The third-order valence-electron chi connectivity index (χ3n) is 3.54. The fraction of sp³-hybridized carbons (Fsp3) is 0.538. The molecule has 0 unspecified atom stereocenters. The fourth-order valence-electron chi connectivity index (χ4n) is 2.11. The van der Waals surface area contributed by atoms with E-state index < -0.39 is 0 Å². The number of carbonyl (C=O) groups excluding carboxylic acids is 1. The number of hydrogen-bond donors (Lipinski definition) is 2. The molecule has 3 N–H and O–H groups in total. The number of aromatic nitrogens is 1. The summed E-state index contributed by atoms with van der Waals surface area (Å²) in [4.78, 5) is 16.0. The second-order valence-corrected chi connectivity index (χ2v) is 6.41. The second kappa shape index (κ2) is 6.65. The first-order valence-electron chi connectivity index (χ1n) is 6.38. The highest BCUT2D eigenvalue weighted by molar-refractivity contribution is 7.99. The van der Waals surface area contributed by atoms with Gasteiger partial charge in [0.1, 0.15) is 5.82 Å². The molecule has 1 aliphatic rings. The van der Waals surface area contributed by atoms with Crippen molar-refractivity contribution in [3.05, 3.63) is 22.8 Å². The average molecular weight is 316 g/mol. The van der Waals surface area contributed by atoms with E-state index in [1.165, 1.54) is 12.3 Å². The standard InChI is InChI=1S/C13H18ClN3O2S/c1-19-13(2-4-20-5-3-13)8-17-12(18)9-6-10(14)11(15)16-7-9/h6-7H,2-5,8H2,1H3,(H2,15,16)(H,17,18). The number of pyridine rings is 1. The van der Waals surface area contributed by atoms with Crippen LogP contribution in [-0.2, 0) is 4.74 Å². The van der Waals surface area contributed by atoms with Crippen molar-refractivity contribution < 1.29 is 9.53 Å². The molecule has 0 aliphatic carbocycles. The normalized spacial score (nSPS) is 17.7. The monoisotopic (exact) mass is 315 g/mol. The van der Waals surface area contributed by atoms with E-state index in [0.717, 1.165) is 24.3 Å². The molecule has 110 valence electrons. The number of amides is 1. The first kappa shape index (κ1) is 15.4. The molecule has 1 saturated heterocycles. The number of halogens is 1. The smallest absolute Gasteiger partial charge is 0.253 e. The van der Waals surface area contributed by atoms with Crippen molar-refractivity contribution in [3.8, 4) is 0 Å². The van der Waals surface area contributed by atoms with Gasteiger partial charge >= 0.3 is 0 Å². The van der Waals surface area contributed by atoms with Crippen molar-refractivity contribution >= 4 is 35.1 Å². The number of ether oxygens (including phenoxy) is 1. The van der Waals surface area contributed by atoms with Gasteiger partial charge in [-0.05, 0) is 30.4 Å². The van der Waals surface area contributed by atoms with Gasteiger partial charge in [0.25, 0.3) is 5.91 Å². The zero-order valence-electron chi connectivity index (χ0n) is 11.3. The summed E-state index contributed by atoms with van der Waals surface area (Å²) in [5, 5.41) is 3.18. The van der Waals surface area contributed by atoms with Crippen LogP contribution < -0.4 is 11.1 Å². The van der Waals surface area contributed by atoms with Gasteiger partial charge in [-0.2, -0.15) is 11.8 Å². The van der Waals surface area contributed by atoms with Gasteiger partial charge in [-0.15, -0.1) is 0 Å². The van der Waals surface area contributed by atoms with E-state index in [0.29, 0.717) is 12.1 Å². The molecule has 1 aromatic rings. The molecule has 2 rings (SSSR count). The Kier molecular flexibility index (Phi) is 5.12. The van der Waals surface area contributed by atoms with Crippen LogP contribution in [0.4, 0.5) is 5.82 Å². The summed E-state index contributed by atoms with van der Waals surface area (Å²) in [6, 6.07) is 1.52. The Bertz CT molecular complexity index is 493. The van der Waals surface area contributed by atoms with Crippen LogP contribution in [0.25, 0.3) is 0 Å². The third-order valence-corrected chi connectivity index (χ3v) is 4.83. The molecule has 20 heavy (non-hydrogen) atoms. The molecule has 7 heteroatoms. The zero-order valence-corrected chi connectivity index (χ0v) is 12.9. The molecule has 1 fully saturated rings. The van der Waals surface area contributed by atoms with Crippen molar-refractivity contribution in [3.63, 3.8) is 0 Å². The number of thioether (sulfide) groups is 1. The minimum absolute atomic E-state index is 0.214. The van der Waals surface area contributed by atoms with E-state index in [1.54, 1.807) is 7.11 Å². The van der Waals surface area contributed by atoms with Crippen LogP contribution in [-0.4, -0.2) is 41.7 Å². The molecule has 2 heterocycles. The minimum atomic E-state index is -0.258. The van der Waals surface area contributed by atoms with Crippen LogP contribution >= 0.6 is 23.4 Å². The lowest BCUT2D eigenvalue weighted by Crippen LogP contribution is -2.46. The molecule has 0 atom stereocenters. The van der Waals surface area contributed by atoms with Crippen molar-refractivity contribution in [1.29, 1.82) is 0 Å². The topological polar surface area (TPSA) is 77.2 Å². The molecule has 5 nitrogen and oxygen atoms in total. The number of anilines is 1. The van der Waals surface area contributed by atoms with Crippen LogP contribution in [0.3, 0.4) is 0 Å². The molecule has 1 aliphatic heterocycles. The molecule has 0 aromatic carbocycles. The number of methoxy groups -OCH3 is 1. The number of rotatable bonds is 4. The maximum Gasteiger partial charge on any atom is 0.253 e. The van der Waals surface area contributed by atoms with Gasteiger partial charge in [-0.25, -0.2) is 4.98 Å². The Hall–Kier alpha value is -0.980. The van der Waals surface area contributed by atoms with Gasteiger partial charge in [-0.1, -0.05) is 11.6 Å². The summed E-state index contributed by atoms with van der Waals surface area (Å²) >= 11 is 7.78. The number of nitrogens with two attached hydrogens (primary N) is 1. The lowest BCUT2D eigenvalue weighted by atomic mass is 9.96. The van der Waals surface area contributed by atoms with Crippen LogP contribution in [0.15, 0.2) is 12.3 Å². The van der Waals surface area contributed by atoms with Gasteiger partial charge in [0.05, 0.1) is 16.2 Å². The summed E-state index contributed by atoms with van der Waals surface area (Å²) in [6.07, 6.45) is 3.30. The van der Waals surface area contributed by atoms with Gasteiger partial charge in [0, 0.05) is 19.9 Å². The SMILES string of the molecule is COC1(CNC(=O)c2cnc(N)c(Cl)c2)CCSCC1. The quantitative estimate of drug-likeness (QED) is 0.888. The minimum Gasteiger partial charge on any atom is -0.382 e. The Labute approximate surface area is 127 Å². The summed E-state index contributed by atoms with van der Waals surface area (Å²) < 4.78 is 5.62. The highest BCUT2D eigenvalue weighted by Gasteiger charge is 2.32. The highest BCUT2D eigenvalue weighted by atomic mass is 35.5. The number of nitrogens with one attached hydrogen (secondary N) is 1. The molecule has 1 amide bonds. The van der Waals surface area contributed by atoms with Crippen LogP contribution in [0.1, 0.15) is 23.2 Å². The number of carbonyl (C=O) groups is 1. The van der Waals surface area contributed by atoms with E-state index in [4.69, 9.17) is 22.1 Å². The van der Waals surface area contributed by atoms with Crippen LogP contribution in [0.5, 0.6) is 0 Å². The Balaban J connectivity index is 1.98. The third kappa shape index (κ3) is 3.56. The number of hydrogen-bond acceptors (Lipinski definition) is 5. The average Bonchev–Trinajstić information content (AvgIpc) is 2.48. The Morgan fingerprint density at radius 1 is 1.60 bits per heavy atom. The maximum atomic E-state index is 12.1. The summed E-state index contributed by atoms with van der Waals surface area (Å²) in [7, 11) is 1.70. The van der Waals surface area contributed by atoms with Gasteiger partial charge < -0.3 is 15.8 Å². The van der Waals surface area contributed by atoms with Crippen molar-refractivity contribution in [1.82, 2.24) is 10.3 Å². The molecule has 0 bridgehead atoms. The summed E-state index contributed by atoms with van der Waals surface area (Å²) in [5.41, 5.74) is 5.67. The van der Waals surface area contributed by atoms with E-state index in [2.05, 4.69) is 10.3 Å². The molecular weight excluding hydrogens is 298 g/mol. The van der Waals surface area contributed by atoms with Gasteiger partial charge in [0.15, 0.2) is 0 Å². The van der Waals surface area contributed by atoms with E-state index >= 15 is 0 Å². The number of nitrogen functional groups attached to an aromatic ring is 1. The highest BCUT2D eigenvalue weighted by Crippen LogP contribution is 2.29. The first-order valence-corrected chi connectivity index (χ1v) is 7.92. The van der Waals surface area contributed by atoms with E-state index in [1.807, 2.05) is 11.8 Å². The van der Waals surface area contributed by atoms with E-state index in [9.17, 15) is 4.79 Å². The van der Waals surface area contributed by atoms with Gasteiger partial charge in [0.2, 0.25) is 0 Å². The fourth-order valence-corrected chi connectivity index (χ4v) is 3.52. The van der Waals surface area contributed by atoms with Crippen LogP contribution in [0.2, 0.25) is 5.02 Å². The lowest BCUT2D eigenvalue weighted by Gasteiger charge is -2.35. The Morgan fingerprint density at radius 3 is 2.90 bits per heavy atom. The molecule has 0 spiro atoms. The van der Waals surface area contributed by atoms with Gasteiger partial charge in [-0.3, -0.25) is 4.79 Å². The largest absolute Gasteiger partial charge is 0.382 e. The predicted octanol–water partition coefficient (Wildman–Crippen LogP) is 1.96. The molecule has 0 radical (unpaired) electrons. The zero-order chi connectivity index (χ0) is 14.6. The van der Waals surface area contributed by atoms with Crippen molar-refractivity contribution in [2.24, 2.45) is 0 Å². The predicted molar refractivity (Wildman–Crippen MR) is 82.3 cm³/mol. The van der Waals surface area contributed by atoms with E-state index in [-0.39, 0.29) is 22.3 Å². The van der Waals surface area contributed by atoms with Crippen LogP contribution in [0, 0.1) is 0 Å². The molecule has 1 aromatic heterocycles. The molecular formula is C13H18ClN3O2S. The summed E-state index contributed by atoms with van der Waals surface area (Å²) in [6.45, 7) is 0.491. The molecule has 0 saturated carbocycles. The maximum absolute atomic E-state index is 12.1. The number of nitrogens with zero attached hydrogens (tertiary/aromatic N) is 1. The lowest BCUT2D eigenvalue weighted by molar-refractivity contribution is -0.0149. The van der Waals surface area contributed by atoms with Crippen molar-refractivity contribution in [2.75, 3.05) is 30.9 Å². The Morgan fingerprint density at radius 2 is 2.30 bits per heavy atom. The summed E-state index contributed by atoms with van der Waals surface area (Å²) in [5.74, 6) is 2.12. The van der Waals surface area contributed by atoms with Crippen molar-refractivity contribution in [2.45, 2.75) is 18.4 Å². The first-order chi connectivity index (χ1) is 9.56. The second-order valence-electron chi connectivity index (χ2n) is 4.77.